The van der Waals surface area contributed by atoms with E-state index in [4.69, 9.17) is 14.2 Å². The lowest BCUT2D eigenvalue weighted by molar-refractivity contribution is -0.123. The van der Waals surface area contributed by atoms with E-state index in [1.165, 1.54) is 30.2 Å². The molecule has 172 valence electrons. The van der Waals surface area contributed by atoms with Gasteiger partial charge in [0.1, 0.15) is 10.6 Å². The first-order chi connectivity index (χ1) is 16.0. The number of hydrazone groups is 1. The molecule has 1 unspecified atom stereocenters. The molecule has 7 nitrogen and oxygen atoms in total. The predicted octanol–water partition coefficient (Wildman–Crippen LogP) is 5.02. The van der Waals surface area contributed by atoms with Crippen molar-refractivity contribution < 1.29 is 23.8 Å². The van der Waals surface area contributed by atoms with Crippen molar-refractivity contribution in [2.45, 2.75) is 26.2 Å². The third kappa shape index (κ3) is 6.92. The highest BCUT2D eigenvalue weighted by Crippen LogP contribution is 2.29. The summed E-state index contributed by atoms with van der Waals surface area (Å²) in [6.07, 6.45) is 2.53. The summed E-state index contributed by atoms with van der Waals surface area (Å²) in [6.45, 7) is 4.16. The van der Waals surface area contributed by atoms with Gasteiger partial charge < -0.3 is 14.2 Å². The second-order valence-electron chi connectivity index (χ2n) is 7.24. The molecule has 1 aromatic heterocycles. The van der Waals surface area contributed by atoms with Crippen LogP contribution < -0.4 is 19.6 Å². The third-order valence-corrected chi connectivity index (χ3v) is 5.80. The molecule has 0 bridgehead atoms. The van der Waals surface area contributed by atoms with E-state index in [-0.39, 0.29) is 12.5 Å². The van der Waals surface area contributed by atoms with Crippen LogP contribution in [0, 0.1) is 0 Å². The van der Waals surface area contributed by atoms with Gasteiger partial charge in [-0.3, -0.25) is 4.79 Å². The first-order valence-electron chi connectivity index (χ1n) is 10.5. The smallest absolute Gasteiger partial charge is 0.353 e. The fourth-order valence-corrected chi connectivity index (χ4v) is 3.48. The van der Waals surface area contributed by atoms with Gasteiger partial charge in [-0.1, -0.05) is 32.0 Å². The van der Waals surface area contributed by atoms with Crippen molar-refractivity contribution in [1.82, 2.24) is 5.43 Å². The molecule has 0 aliphatic rings. The molecule has 0 fully saturated rings. The summed E-state index contributed by atoms with van der Waals surface area (Å²) in [5.41, 5.74) is 4.32. The number of rotatable bonds is 10. The van der Waals surface area contributed by atoms with Crippen LogP contribution >= 0.6 is 11.3 Å². The summed E-state index contributed by atoms with van der Waals surface area (Å²) >= 11 is 1.30. The van der Waals surface area contributed by atoms with Crippen LogP contribution in [-0.2, 0) is 4.79 Å². The Morgan fingerprint density at radius 2 is 1.91 bits per heavy atom. The van der Waals surface area contributed by atoms with E-state index in [1.54, 1.807) is 35.7 Å². The molecule has 1 amide bonds. The van der Waals surface area contributed by atoms with Crippen molar-refractivity contribution in [2.75, 3.05) is 13.7 Å². The topological polar surface area (TPSA) is 86.2 Å². The highest BCUT2D eigenvalue weighted by Gasteiger charge is 2.13. The van der Waals surface area contributed by atoms with Crippen LogP contribution in [0.3, 0.4) is 0 Å². The number of benzene rings is 2. The normalized spacial score (nSPS) is 11.7. The second-order valence-corrected chi connectivity index (χ2v) is 8.18. The van der Waals surface area contributed by atoms with Crippen LogP contribution in [0.2, 0.25) is 0 Å². The molecule has 1 N–H and O–H groups in total. The molecule has 33 heavy (non-hydrogen) atoms. The van der Waals surface area contributed by atoms with Gasteiger partial charge >= 0.3 is 5.97 Å². The number of carbonyl (C=O) groups excluding carboxylic acids is 2. The van der Waals surface area contributed by atoms with Crippen LogP contribution in [0.5, 0.6) is 17.2 Å². The number of thiophene rings is 1. The number of ether oxygens (including phenoxy) is 3. The summed E-state index contributed by atoms with van der Waals surface area (Å²) in [4.78, 5) is 24.7. The first-order valence-corrected chi connectivity index (χ1v) is 11.4. The summed E-state index contributed by atoms with van der Waals surface area (Å²) < 4.78 is 16.2. The van der Waals surface area contributed by atoms with E-state index in [9.17, 15) is 9.59 Å². The minimum Gasteiger partial charge on any atom is -0.493 e. The maximum absolute atomic E-state index is 12.1. The van der Waals surface area contributed by atoms with Gasteiger partial charge in [0.05, 0.1) is 13.3 Å². The van der Waals surface area contributed by atoms with Crippen molar-refractivity contribution in [2.24, 2.45) is 5.10 Å². The third-order valence-electron chi connectivity index (χ3n) is 4.95. The van der Waals surface area contributed by atoms with Crippen molar-refractivity contribution >= 4 is 29.4 Å². The zero-order valence-electron chi connectivity index (χ0n) is 18.7. The minimum atomic E-state index is -0.452. The number of hydrogen-bond donors (Lipinski definition) is 1. The number of nitrogens with zero attached hydrogens (tertiary/aromatic N) is 1. The molecular formula is C25H26N2O5S. The molecule has 0 saturated heterocycles. The molecule has 0 saturated carbocycles. The fourth-order valence-electron chi connectivity index (χ4n) is 2.88. The Balaban J connectivity index is 1.50. The Hall–Kier alpha value is -3.65. The largest absolute Gasteiger partial charge is 0.493 e. The van der Waals surface area contributed by atoms with Crippen molar-refractivity contribution in [3.63, 3.8) is 0 Å². The van der Waals surface area contributed by atoms with E-state index in [0.29, 0.717) is 33.6 Å². The second kappa shape index (κ2) is 11.8. The Labute approximate surface area is 197 Å². The van der Waals surface area contributed by atoms with Crippen LogP contribution in [0.15, 0.2) is 65.1 Å². The summed E-state index contributed by atoms with van der Waals surface area (Å²) in [6, 6.07) is 16.2. The Morgan fingerprint density at radius 1 is 1.12 bits per heavy atom. The monoisotopic (exact) mass is 466 g/mol. The van der Waals surface area contributed by atoms with Crippen LogP contribution in [0.25, 0.3) is 0 Å². The Morgan fingerprint density at radius 3 is 2.58 bits per heavy atom. The van der Waals surface area contributed by atoms with E-state index >= 15 is 0 Å². The molecule has 3 rings (SSSR count). The molecule has 8 heteroatoms. The van der Waals surface area contributed by atoms with Gasteiger partial charge in [0.15, 0.2) is 18.1 Å². The minimum absolute atomic E-state index is 0.152. The van der Waals surface area contributed by atoms with Gasteiger partial charge in [0.25, 0.3) is 5.91 Å². The number of amides is 1. The molecule has 0 spiro atoms. The van der Waals surface area contributed by atoms with E-state index in [2.05, 4.69) is 24.4 Å². The van der Waals surface area contributed by atoms with Crippen molar-refractivity contribution in [3.8, 4) is 17.2 Å². The van der Waals surface area contributed by atoms with E-state index in [1.807, 2.05) is 24.3 Å². The molecular weight excluding hydrogens is 440 g/mol. The van der Waals surface area contributed by atoms with E-state index < -0.39 is 5.97 Å². The average Bonchev–Trinajstić information content (AvgIpc) is 3.38. The Bertz CT molecular complexity index is 1090. The van der Waals surface area contributed by atoms with Crippen molar-refractivity contribution in [1.29, 1.82) is 0 Å². The maximum Gasteiger partial charge on any atom is 0.353 e. The number of hydrogen-bond acceptors (Lipinski definition) is 7. The average molecular weight is 467 g/mol. The van der Waals surface area contributed by atoms with Gasteiger partial charge in [-0.15, -0.1) is 11.3 Å². The maximum atomic E-state index is 12.1. The molecule has 0 aliphatic carbocycles. The zero-order chi connectivity index (χ0) is 23.6. The number of esters is 1. The lowest BCUT2D eigenvalue weighted by Crippen LogP contribution is -2.24. The fraction of sp³-hybridized carbons (Fsp3) is 0.240. The van der Waals surface area contributed by atoms with Gasteiger partial charge in [-0.05, 0) is 65.2 Å². The predicted molar refractivity (Wildman–Crippen MR) is 129 cm³/mol. The SMILES string of the molecule is CCC(C)c1ccc(OCC(=O)N/N=C/c2ccc(OC(=O)c3cccs3)c(OC)c2)cc1. The van der Waals surface area contributed by atoms with E-state index in [0.717, 1.165) is 6.42 Å². The number of nitrogens with one attached hydrogen (secondary N) is 1. The van der Waals surface area contributed by atoms with Gasteiger partial charge in [-0.25, -0.2) is 10.2 Å². The molecule has 2 aromatic carbocycles. The van der Waals surface area contributed by atoms with Crippen LogP contribution in [-0.4, -0.2) is 31.8 Å². The summed E-state index contributed by atoms with van der Waals surface area (Å²) in [5, 5.41) is 5.74. The van der Waals surface area contributed by atoms with Gasteiger partial charge in [0, 0.05) is 0 Å². The lowest BCUT2D eigenvalue weighted by Gasteiger charge is -2.10. The lowest BCUT2D eigenvalue weighted by atomic mass is 9.99. The molecule has 1 atom stereocenters. The standard InChI is InChI=1S/C25H26N2O5S/c1-4-17(2)19-8-10-20(11-9-19)31-16-24(28)27-26-15-18-7-12-21(22(14-18)30-3)32-25(29)23-6-5-13-33-23/h5-15,17H,4,16H2,1-3H3,(H,27,28)/b26-15+. The molecule has 3 aromatic rings. The highest BCUT2D eigenvalue weighted by molar-refractivity contribution is 7.12. The molecule has 1 heterocycles. The van der Waals surface area contributed by atoms with Crippen LogP contribution in [0.1, 0.15) is 47.0 Å². The first kappa shape index (κ1) is 24.0. The van der Waals surface area contributed by atoms with Gasteiger partial charge in [-0.2, -0.15) is 5.10 Å². The molecule has 0 radical (unpaired) electrons. The summed E-state index contributed by atoms with van der Waals surface area (Å²) in [7, 11) is 1.48. The number of carbonyl (C=O) groups is 2. The number of methoxy groups -OCH3 is 1. The zero-order valence-corrected chi connectivity index (χ0v) is 19.6. The quantitative estimate of drug-likeness (QED) is 0.196. The highest BCUT2D eigenvalue weighted by atomic mass is 32.1. The Kier molecular flexibility index (Phi) is 8.60. The molecule has 0 aliphatic heterocycles. The summed E-state index contributed by atoms with van der Waals surface area (Å²) in [5.74, 6) is 0.942. The van der Waals surface area contributed by atoms with Crippen LogP contribution in [0.4, 0.5) is 0 Å². The van der Waals surface area contributed by atoms with Gasteiger partial charge in [0.2, 0.25) is 0 Å². The van der Waals surface area contributed by atoms with Crippen molar-refractivity contribution in [3.05, 3.63) is 76.0 Å².